The standard InChI is InChI=1S/C21H26O4/c1-11-4-5-14-13(11)6-7-15-17(14)18(20(24)25-3)19(23)16-10-12(22)8-9-21(15,16)2/h5,10-11,13,18-19,23H,4,6-9H2,1-3H3/t11?,13?,18?,19-,21?/m0/s1. The van der Waals surface area contributed by atoms with E-state index in [0.717, 1.165) is 31.3 Å². The number of hydrogen-bond acceptors (Lipinski definition) is 4. The minimum atomic E-state index is -0.976. The van der Waals surface area contributed by atoms with Crippen LogP contribution in [0.4, 0.5) is 0 Å². The summed E-state index contributed by atoms with van der Waals surface area (Å²) in [6.45, 7) is 4.40. The number of methoxy groups -OCH3 is 1. The molecular weight excluding hydrogens is 316 g/mol. The van der Waals surface area contributed by atoms with Gasteiger partial charge in [0.1, 0.15) is 5.92 Å². The summed E-state index contributed by atoms with van der Waals surface area (Å²) in [6, 6.07) is 0. The number of allylic oxidation sites excluding steroid dienone is 4. The number of esters is 1. The fourth-order valence-electron chi connectivity index (χ4n) is 5.60. The lowest BCUT2D eigenvalue weighted by atomic mass is 9.54. The highest BCUT2D eigenvalue weighted by atomic mass is 16.5. The zero-order chi connectivity index (χ0) is 17.9. The Morgan fingerprint density at radius 1 is 1.36 bits per heavy atom. The predicted octanol–water partition coefficient (Wildman–Crippen LogP) is 3.12. The van der Waals surface area contributed by atoms with Crippen molar-refractivity contribution in [2.24, 2.45) is 23.2 Å². The fourth-order valence-corrected chi connectivity index (χ4v) is 5.60. The normalized spacial score (nSPS) is 39.9. The lowest BCUT2D eigenvalue weighted by Gasteiger charge is -2.50. The highest BCUT2D eigenvalue weighted by Gasteiger charge is 2.54. The first-order chi connectivity index (χ1) is 11.9. The van der Waals surface area contributed by atoms with Gasteiger partial charge in [-0.05, 0) is 60.3 Å². The molecule has 0 radical (unpaired) electrons. The van der Waals surface area contributed by atoms with Crippen LogP contribution in [-0.4, -0.2) is 30.1 Å². The van der Waals surface area contributed by atoms with Crippen LogP contribution in [0.3, 0.4) is 0 Å². The number of hydrogen-bond donors (Lipinski definition) is 1. The highest BCUT2D eigenvalue weighted by Crippen LogP contribution is 2.59. The zero-order valence-corrected chi connectivity index (χ0v) is 15.2. The Bertz CT molecular complexity index is 741. The molecule has 0 fully saturated rings. The second-order valence-electron chi connectivity index (χ2n) is 8.25. The number of carbonyl (C=O) groups excluding carboxylic acids is 2. The van der Waals surface area contributed by atoms with E-state index >= 15 is 0 Å². The van der Waals surface area contributed by atoms with Crippen molar-refractivity contribution in [3.05, 3.63) is 34.4 Å². The molecule has 1 N–H and O–H groups in total. The molecule has 0 amide bonds. The molecule has 4 unspecified atom stereocenters. The number of aliphatic hydroxyl groups excluding tert-OH is 1. The Balaban J connectivity index is 1.94. The zero-order valence-electron chi connectivity index (χ0n) is 15.2. The molecule has 4 aliphatic carbocycles. The van der Waals surface area contributed by atoms with Gasteiger partial charge in [0.25, 0.3) is 0 Å². The fraction of sp³-hybridized carbons (Fsp3) is 0.619. The molecule has 4 heteroatoms. The van der Waals surface area contributed by atoms with Crippen LogP contribution in [0.5, 0.6) is 0 Å². The molecule has 0 aromatic rings. The highest BCUT2D eigenvalue weighted by molar-refractivity contribution is 5.93. The van der Waals surface area contributed by atoms with E-state index < -0.39 is 18.0 Å². The van der Waals surface area contributed by atoms with Gasteiger partial charge >= 0.3 is 5.97 Å². The summed E-state index contributed by atoms with van der Waals surface area (Å²) >= 11 is 0. The molecule has 0 heterocycles. The molecule has 4 rings (SSSR count). The van der Waals surface area contributed by atoms with Crippen molar-refractivity contribution < 1.29 is 19.4 Å². The monoisotopic (exact) mass is 342 g/mol. The van der Waals surface area contributed by atoms with Crippen LogP contribution >= 0.6 is 0 Å². The summed E-state index contributed by atoms with van der Waals surface area (Å²) in [5.74, 6) is -0.0112. The van der Waals surface area contributed by atoms with E-state index in [9.17, 15) is 14.7 Å². The third kappa shape index (κ3) is 2.23. The SMILES string of the molecule is COC(=O)C1C2=C(CCC3C2=CCC3C)C2(C)CCC(=O)C=C2[C@@H]1O. The van der Waals surface area contributed by atoms with Crippen molar-refractivity contribution in [2.45, 2.75) is 52.1 Å². The first kappa shape index (κ1) is 16.8. The molecule has 0 aromatic heterocycles. The van der Waals surface area contributed by atoms with Crippen molar-refractivity contribution in [1.82, 2.24) is 0 Å². The predicted molar refractivity (Wildman–Crippen MR) is 93.6 cm³/mol. The van der Waals surface area contributed by atoms with Crippen LogP contribution in [0.15, 0.2) is 34.4 Å². The topological polar surface area (TPSA) is 63.6 Å². The van der Waals surface area contributed by atoms with Crippen LogP contribution in [0.2, 0.25) is 0 Å². The Kier molecular flexibility index (Phi) is 3.80. The largest absolute Gasteiger partial charge is 0.468 e. The molecule has 0 aromatic carbocycles. The molecule has 0 bridgehead atoms. The van der Waals surface area contributed by atoms with Crippen LogP contribution < -0.4 is 0 Å². The minimum Gasteiger partial charge on any atom is -0.468 e. The van der Waals surface area contributed by atoms with E-state index in [0.29, 0.717) is 23.8 Å². The van der Waals surface area contributed by atoms with Gasteiger partial charge in [0, 0.05) is 11.8 Å². The van der Waals surface area contributed by atoms with Gasteiger partial charge in [-0.15, -0.1) is 0 Å². The van der Waals surface area contributed by atoms with E-state index in [1.54, 1.807) is 6.08 Å². The molecule has 5 atom stereocenters. The first-order valence-electron chi connectivity index (χ1n) is 9.33. The van der Waals surface area contributed by atoms with Crippen molar-refractivity contribution in [1.29, 1.82) is 0 Å². The quantitative estimate of drug-likeness (QED) is 0.744. The number of ketones is 1. The lowest BCUT2D eigenvalue weighted by molar-refractivity contribution is -0.147. The average molecular weight is 342 g/mol. The van der Waals surface area contributed by atoms with Crippen LogP contribution in [0.25, 0.3) is 0 Å². The van der Waals surface area contributed by atoms with E-state index in [-0.39, 0.29) is 11.2 Å². The van der Waals surface area contributed by atoms with Gasteiger partial charge in [-0.1, -0.05) is 25.5 Å². The van der Waals surface area contributed by atoms with Crippen molar-refractivity contribution in [2.75, 3.05) is 7.11 Å². The Hall–Kier alpha value is -1.68. The van der Waals surface area contributed by atoms with Crippen molar-refractivity contribution in [3.63, 3.8) is 0 Å². The maximum Gasteiger partial charge on any atom is 0.316 e. The van der Waals surface area contributed by atoms with E-state index in [2.05, 4.69) is 19.9 Å². The van der Waals surface area contributed by atoms with Gasteiger partial charge in [-0.2, -0.15) is 0 Å². The second-order valence-corrected chi connectivity index (χ2v) is 8.25. The molecule has 4 nitrogen and oxygen atoms in total. The van der Waals surface area contributed by atoms with E-state index in [1.807, 2.05) is 0 Å². The molecule has 0 saturated carbocycles. The van der Waals surface area contributed by atoms with Gasteiger partial charge in [-0.3, -0.25) is 9.59 Å². The third-order valence-corrected chi connectivity index (χ3v) is 7.03. The Morgan fingerprint density at radius 2 is 2.12 bits per heavy atom. The second kappa shape index (κ2) is 5.66. The number of aliphatic hydroxyl groups is 1. The number of ether oxygens (including phenoxy) is 1. The van der Waals surface area contributed by atoms with Crippen LogP contribution in [0.1, 0.15) is 46.0 Å². The van der Waals surface area contributed by atoms with Crippen molar-refractivity contribution in [3.8, 4) is 0 Å². The van der Waals surface area contributed by atoms with Gasteiger partial charge < -0.3 is 9.84 Å². The Morgan fingerprint density at radius 3 is 2.84 bits per heavy atom. The number of carbonyl (C=O) groups is 2. The molecule has 4 aliphatic rings. The molecule has 25 heavy (non-hydrogen) atoms. The van der Waals surface area contributed by atoms with Crippen LogP contribution in [-0.2, 0) is 14.3 Å². The summed E-state index contributed by atoms with van der Waals surface area (Å²) in [5.41, 5.74) is 3.92. The summed E-state index contributed by atoms with van der Waals surface area (Å²) < 4.78 is 5.05. The first-order valence-corrected chi connectivity index (χ1v) is 9.33. The smallest absolute Gasteiger partial charge is 0.316 e. The molecule has 0 aliphatic heterocycles. The van der Waals surface area contributed by atoms with Crippen LogP contribution in [0, 0.1) is 23.2 Å². The molecule has 134 valence electrons. The third-order valence-electron chi connectivity index (χ3n) is 7.03. The maximum absolute atomic E-state index is 12.6. The number of fused-ring (bicyclic) bond motifs is 4. The Labute approximate surface area is 148 Å². The van der Waals surface area contributed by atoms with E-state index in [4.69, 9.17) is 4.74 Å². The maximum atomic E-state index is 12.6. The molecular formula is C21H26O4. The van der Waals surface area contributed by atoms with Gasteiger partial charge in [0.15, 0.2) is 5.78 Å². The molecule has 0 spiro atoms. The number of rotatable bonds is 1. The van der Waals surface area contributed by atoms with Gasteiger partial charge in [0.05, 0.1) is 13.2 Å². The summed E-state index contributed by atoms with van der Waals surface area (Å²) in [6.07, 6.45) is 7.15. The molecule has 0 saturated heterocycles. The lowest BCUT2D eigenvalue weighted by Crippen LogP contribution is -2.47. The summed E-state index contributed by atoms with van der Waals surface area (Å²) in [5, 5.41) is 11.1. The van der Waals surface area contributed by atoms with E-state index in [1.165, 1.54) is 18.3 Å². The van der Waals surface area contributed by atoms with Crippen molar-refractivity contribution >= 4 is 11.8 Å². The van der Waals surface area contributed by atoms with Gasteiger partial charge in [0.2, 0.25) is 0 Å². The van der Waals surface area contributed by atoms with Gasteiger partial charge in [-0.25, -0.2) is 0 Å². The minimum absolute atomic E-state index is 0.0431. The summed E-state index contributed by atoms with van der Waals surface area (Å²) in [4.78, 5) is 24.6. The average Bonchev–Trinajstić information content (AvgIpc) is 2.98. The summed E-state index contributed by atoms with van der Waals surface area (Å²) in [7, 11) is 1.37.